The molecule has 1 atom stereocenters. The van der Waals surface area contributed by atoms with Crippen LogP contribution in [-0.4, -0.2) is 35.8 Å². The Hall–Kier alpha value is -1.82. The van der Waals surface area contributed by atoms with E-state index >= 15 is 0 Å². The molecule has 3 rings (SSSR count). The Morgan fingerprint density at radius 2 is 2.05 bits per heavy atom. The van der Waals surface area contributed by atoms with Crippen molar-refractivity contribution in [1.82, 2.24) is 9.78 Å². The van der Waals surface area contributed by atoms with Crippen LogP contribution in [0.4, 0.5) is 0 Å². The van der Waals surface area contributed by atoms with Crippen molar-refractivity contribution in [1.29, 1.82) is 0 Å². The first-order chi connectivity index (χ1) is 9.12. The Labute approximate surface area is 111 Å². The number of ether oxygens (including phenoxy) is 1. The lowest BCUT2D eigenvalue weighted by Gasteiger charge is -2.08. The van der Waals surface area contributed by atoms with Crippen molar-refractivity contribution < 1.29 is 13.2 Å². The predicted molar refractivity (Wildman–Crippen MR) is 71.3 cm³/mol. The van der Waals surface area contributed by atoms with Crippen molar-refractivity contribution >= 4 is 9.84 Å². The fourth-order valence-corrected chi connectivity index (χ4v) is 3.73. The SMILES string of the molecule is O=S1(=O)CCC(Oc2cnn(-c3ccccc3)c2)C1. The molecule has 0 amide bonds. The monoisotopic (exact) mass is 278 g/mol. The highest BCUT2D eigenvalue weighted by Gasteiger charge is 2.29. The standard InChI is InChI=1S/C13H14N2O3S/c16-19(17)7-6-12(10-19)18-13-8-14-15(9-13)11-4-2-1-3-5-11/h1-5,8-9,12H,6-7,10H2. The number of sulfone groups is 1. The minimum absolute atomic E-state index is 0.101. The van der Waals surface area contributed by atoms with Gasteiger partial charge in [0.15, 0.2) is 15.6 Å². The summed E-state index contributed by atoms with van der Waals surface area (Å²) >= 11 is 0. The normalized spacial score (nSPS) is 21.4. The average Bonchev–Trinajstić information content (AvgIpc) is 2.98. The predicted octanol–water partition coefficient (Wildman–Crippen LogP) is 1.44. The Bertz CT molecular complexity index is 664. The van der Waals surface area contributed by atoms with Gasteiger partial charge in [-0.3, -0.25) is 0 Å². The van der Waals surface area contributed by atoms with Crippen molar-refractivity contribution in [3.8, 4) is 11.4 Å². The quantitative estimate of drug-likeness (QED) is 0.852. The first-order valence-corrected chi connectivity index (χ1v) is 7.92. The average molecular weight is 278 g/mol. The van der Waals surface area contributed by atoms with E-state index in [4.69, 9.17) is 4.74 Å². The fourth-order valence-electron chi connectivity index (χ4n) is 2.14. The topological polar surface area (TPSA) is 61.2 Å². The van der Waals surface area contributed by atoms with Gasteiger partial charge in [0, 0.05) is 0 Å². The van der Waals surface area contributed by atoms with Gasteiger partial charge in [-0.1, -0.05) is 18.2 Å². The Balaban J connectivity index is 1.73. The van der Waals surface area contributed by atoms with E-state index in [0.717, 1.165) is 5.69 Å². The molecule has 0 saturated carbocycles. The summed E-state index contributed by atoms with van der Waals surface area (Å²) in [6.07, 6.45) is 3.68. The molecule has 2 heterocycles. The Morgan fingerprint density at radius 1 is 1.26 bits per heavy atom. The van der Waals surface area contributed by atoms with Crippen LogP contribution in [0.1, 0.15) is 6.42 Å². The molecule has 2 aromatic rings. The summed E-state index contributed by atoms with van der Waals surface area (Å²) in [6.45, 7) is 0. The molecule has 1 aromatic heterocycles. The molecule has 0 N–H and O–H groups in total. The lowest BCUT2D eigenvalue weighted by molar-refractivity contribution is 0.229. The van der Waals surface area contributed by atoms with E-state index < -0.39 is 9.84 Å². The van der Waals surface area contributed by atoms with Gasteiger partial charge in [0.05, 0.1) is 29.6 Å². The molecule has 1 saturated heterocycles. The zero-order valence-corrected chi connectivity index (χ0v) is 11.1. The molecule has 0 spiro atoms. The van der Waals surface area contributed by atoms with E-state index in [1.807, 2.05) is 30.3 Å². The second kappa shape index (κ2) is 4.70. The lowest BCUT2D eigenvalue weighted by Crippen LogP contribution is -2.17. The van der Waals surface area contributed by atoms with Crippen LogP contribution >= 0.6 is 0 Å². The van der Waals surface area contributed by atoms with Gasteiger partial charge in [-0.2, -0.15) is 5.10 Å². The smallest absolute Gasteiger partial charge is 0.158 e. The van der Waals surface area contributed by atoms with Crippen molar-refractivity contribution in [2.24, 2.45) is 0 Å². The summed E-state index contributed by atoms with van der Waals surface area (Å²) in [7, 11) is -2.91. The zero-order valence-electron chi connectivity index (χ0n) is 10.3. The van der Waals surface area contributed by atoms with Crippen molar-refractivity contribution in [3.63, 3.8) is 0 Å². The van der Waals surface area contributed by atoms with E-state index in [9.17, 15) is 8.42 Å². The van der Waals surface area contributed by atoms with Gasteiger partial charge in [0.1, 0.15) is 6.10 Å². The van der Waals surface area contributed by atoms with Gasteiger partial charge in [0.25, 0.3) is 0 Å². The molecular formula is C13H14N2O3S. The number of hydrogen-bond donors (Lipinski definition) is 0. The molecule has 1 unspecified atom stereocenters. The molecule has 6 heteroatoms. The van der Waals surface area contributed by atoms with E-state index in [1.54, 1.807) is 17.1 Å². The van der Waals surface area contributed by atoms with Crippen LogP contribution in [0, 0.1) is 0 Å². The number of para-hydroxylation sites is 1. The minimum atomic E-state index is -2.91. The summed E-state index contributed by atoms with van der Waals surface area (Å²) in [6, 6.07) is 9.68. The molecule has 1 aliphatic heterocycles. The van der Waals surface area contributed by atoms with Crippen molar-refractivity contribution in [3.05, 3.63) is 42.7 Å². The van der Waals surface area contributed by atoms with E-state index in [-0.39, 0.29) is 17.6 Å². The van der Waals surface area contributed by atoms with Crippen LogP contribution in [-0.2, 0) is 9.84 Å². The zero-order chi connectivity index (χ0) is 13.3. The highest BCUT2D eigenvalue weighted by Crippen LogP contribution is 2.20. The van der Waals surface area contributed by atoms with Crippen LogP contribution in [0.15, 0.2) is 42.7 Å². The first-order valence-electron chi connectivity index (χ1n) is 6.10. The van der Waals surface area contributed by atoms with Gasteiger partial charge < -0.3 is 4.74 Å². The molecule has 5 nitrogen and oxygen atoms in total. The first kappa shape index (κ1) is 12.2. The van der Waals surface area contributed by atoms with Gasteiger partial charge in [-0.25, -0.2) is 13.1 Å². The second-order valence-corrected chi connectivity index (χ2v) is 6.83. The summed E-state index contributed by atoms with van der Waals surface area (Å²) in [4.78, 5) is 0. The third kappa shape index (κ3) is 2.78. The molecule has 100 valence electrons. The summed E-state index contributed by atoms with van der Waals surface area (Å²) in [5, 5.41) is 4.21. The number of nitrogens with zero attached hydrogens (tertiary/aromatic N) is 2. The van der Waals surface area contributed by atoms with Gasteiger partial charge in [-0.15, -0.1) is 0 Å². The van der Waals surface area contributed by atoms with Crippen LogP contribution in [0.5, 0.6) is 5.75 Å². The van der Waals surface area contributed by atoms with Crippen LogP contribution in [0.25, 0.3) is 5.69 Å². The van der Waals surface area contributed by atoms with E-state index in [0.29, 0.717) is 12.2 Å². The van der Waals surface area contributed by atoms with Crippen LogP contribution in [0.3, 0.4) is 0 Å². The molecule has 1 fully saturated rings. The molecule has 1 aromatic carbocycles. The minimum Gasteiger partial charge on any atom is -0.486 e. The lowest BCUT2D eigenvalue weighted by atomic mass is 10.3. The second-order valence-electron chi connectivity index (χ2n) is 4.60. The number of aromatic nitrogens is 2. The molecule has 0 bridgehead atoms. The van der Waals surface area contributed by atoms with Crippen LogP contribution < -0.4 is 4.74 Å². The summed E-state index contributed by atoms with van der Waals surface area (Å²) < 4.78 is 30.1. The van der Waals surface area contributed by atoms with Crippen LogP contribution in [0.2, 0.25) is 0 Å². The summed E-state index contributed by atoms with van der Waals surface area (Å²) in [5.74, 6) is 0.916. The molecular weight excluding hydrogens is 264 g/mol. The maximum absolute atomic E-state index is 11.4. The van der Waals surface area contributed by atoms with Gasteiger partial charge in [-0.05, 0) is 18.6 Å². The number of hydrogen-bond acceptors (Lipinski definition) is 4. The van der Waals surface area contributed by atoms with Gasteiger partial charge >= 0.3 is 0 Å². The number of rotatable bonds is 3. The van der Waals surface area contributed by atoms with E-state index in [2.05, 4.69) is 5.10 Å². The van der Waals surface area contributed by atoms with E-state index in [1.165, 1.54) is 0 Å². The van der Waals surface area contributed by atoms with Crippen molar-refractivity contribution in [2.45, 2.75) is 12.5 Å². The van der Waals surface area contributed by atoms with Crippen molar-refractivity contribution in [2.75, 3.05) is 11.5 Å². The Kier molecular flexibility index (Phi) is 3.02. The molecule has 0 radical (unpaired) electrons. The maximum Gasteiger partial charge on any atom is 0.158 e. The third-order valence-corrected chi connectivity index (χ3v) is 4.81. The third-order valence-electron chi connectivity index (χ3n) is 3.07. The number of benzene rings is 1. The highest BCUT2D eigenvalue weighted by atomic mass is 32.2. The maximum atomic E-state index is 11.4. The molecule has 19 heavy (non-hydrogen) atoms. The van der Waals surface area contributed by atoms with Gasteiger partial charge in [0.2, 0.25) is 0 Å². The highest BCUT2D eigenvalue weighted by molar-refractivity contribution is 7.91. The fraction of sp³-hybridized carbons (Fsp3) is 0.308. The Morgan fingerprint density at radius 3 is 2.74 bits per heavy atom. The molecule has 0 aliphatic carbocycles. The molecule has 1 aliphatic rings. The largest absolute Gasteiger partial charge is 0.486 e. The summed E-state index contributed by atoms with van der Waals surface area (Å²) in [5.41, 5.74) is 0.941.